The van der Waals surface area contributed by atoms with Crippen LogP contribution in [0.15, 0.2) is 18.2 Å². The highest BCUT2D eigenvalue weighted by molar-refractivity contribution is 5.32. The molecule has 0 radical (unpaired) electrons. The first-order chi connectivity index (χ1) is 9.58. The Labute approximate surface area is 122 Å². The lowest BCUT2D eigenvalue weighted by molar-refractivity contribution is 0.383. The van der Waals surface area contributed by atoms with Gasteiger partial charge in [0.15, 0.2) is 11.6 Å². The maximum Gasteiger partial charge on any atom is 0.165 e. The van der Waals surface area contributed by atoms with Crippen LogP contribution in [0.2, 0.25) is 0 Å². The van der Waals surface area contributed by atoms with Gasteiger partial charge in [0.1, 0.15) is 0 Å². The van der Waals surface area contributed by atoms with Gasteiger partial charge >= 0.3 is 0 Å². The zero-order valence-corrected chi connectivity index (χ0v) is 13.2. The molecule has 1 atom stereocenters. The molecule has 1 unspecified atom stereocenters. The first-order valence-corrected chi connectivity index (χ1v) is 7.65. The molecular formula is C17H28FNO. The fraction of sp³-hybridized carbons (Fsp3) is 0.647. The van der Waals surface area contributed by atoms with Crippen molar-refractivity contribution in [3.05, 3.63) is 29.6 Å². The molecule has 0 aliphatic heterocycles. The summed E-state index contributed by atoms with van der Waals surface area (Å²) < 4.78 is 18.6. The molecule has 0 heterocycles. The summed E-state index contributed by atoms with van der Waals surface area (Å²) >= 11 is 0. The highest BCUT2D eigenvalue weighted by Crippen LogP contribution is 2.26. The minimum atomic E-state index is -0.298. The molecule has 0 aliphatic rings. The van der Waals surface area contributed by atoms with Gasteiger partial charge in [0.2, 0.25) is 0 Å². The molecule has 1 N–H and O–H groups in total. The molecule has 2 nitrogen and oxygen atoms in total. The van der Waals surface area contributed by atoms with Crippen LogP contribution >= 0.6 is 0 Å². The van der Waals surface area contributed by atoms with Gasteiger partial charge in [-0.05, 0) is 43.0 Å². The lowest BCUT2D eigenvalue weighted by Crippen LogP contribution is -2.22. The van der Waals surface area contributed by atoms with Gasteiger partial charge in [-0.2, -0.15) is 0 Å². The van der Waals surface area contributed by atoms with Crippen LogP contribution in [-0.2, 0) is 0 Å². The number of halogens is 1. The van der Waals surface area contributed by atoms with E-state index in [9.17, 15) is 4.39 Å². The second-order valence-corrected chi connectivity index (χ2v) is 5.73. The zero-order chi connectivity index (χ0) is 15.0. The molecule has 3 heteroatoms. The maximum atomic E-state index is 13.5. The number of methoxy groups -OCH3 is 1. The predicted octanol–water partition coefficient (Wildman–Crippen LogP) is 4.70. The highest BCUT2D eigenvalue weighted by atomic mass is 19.1. The van der Waals surface area contributed by atoms with Gasteiger partial charge < -0.3 is 10.1 Å². The van der Waals surface area contributed by atoms with Crippen LogP contribution in [0.5, 0.6) is 5.75 Å². The van der Waals surface area contributed by atoms with E-state index in [4.69, 9.17) is 4.74 Å². The molecule has 20 heavy (non-hydrogen) atoms. The second-order valence-electron chi connectivity index (χ2n) is 5.73. The van der Waals surface area contributed by atoms with Gasteiger partial charge in [-0.1, -0.05) is 39.7 Å². The quantitative estimate of drug-likeness (QED) is 0.708. The lowest BCUT2D eigenvalue weighted by Gasteiger charge is -2.20. The van der Waals surface area contributed by atoms with Crippen LogP contribution in [0.1, 0.15) is 58.1 Å². The number of rotatable bonds is 9. The van der Waals surface area contributed by atoms with Crippen molar-refractivity contribution in [3.8, 4) is 5.75 Å². The Bertz CT molecular complexity index is 393. The Morgan fingerprint density at radius 2 is 2.00 bits per heavy atom. The van der Waals surface area contributed by atoms with Gasteiger partial charge in [-0.25, -0.2) is 4.39 Å². The minimum absolute atomic E-state index is 0.281. The summed E-state index contributed by atoms with van der Waals surface area (Å²) in [6.07, 6.45) is 4.58. The molecule has 0 amide bonds. The topological polar surface area (TPSA) is 21.3 Å². The van der Waals surface area contributed by atoms with Crippen LogP contribution in [0.3, 0.4) is 0 Å². The van der Waals surface area contributed by atoms with Crippen LogP contribution in [0.25, 0.3) is 0 Å². The Kier molecular flexibility index (Phi) is 7.60. The van der Waals surface area contributed by atoms with E-state index in [0.29, 0.717) is 5.75 Å². The van der Waals surface area contributed by atoms with Gasteiger partial charge in [-0.15, -0.1) is 0 Å². The normalized spacial score (nSPS) is 12.7. The van der Waals surface area contributed by atoms with Crippen LogP contribution in [0.4, 0.5) is 4.39 Å². The van der Waals surface area contributed by atoms with Crippen molar-refractivity contribution in [3.63, 3.8) is 0 Å². The molecule has 0 saturated carbocycles. The molecule has 0 bridgehead atoms. The smallest absolute Gasteiger partial charge is 0.165 e. The third-order valence-electron chi connectivity index (χ3n) is 3.49. The molecular weight excluding hydrogens is 253 g/mol. The van der Waals surface area contributed by atoms with E-state index in [0.717, 1.165) is 30.9 Å². The van der Waals surface area contributed by atoms with E-state index in [1.807, 2.05) is 12.1 Å². The van der Waals surface area contributed by atoms with Crippen molar-refractivity contribution < 1.29 is 9.13 Å². The number of hydrogen-bond donors (Lipinski definition) is 1. The Morgan fingerprint density at radius 3 is 2.60 bits per heavy atom. The third-order valence-corrected chi connectivity index (χ3v) is 3.49. The van der Waals surface area contributed by atoms with E-state index in [2.05, 4.69) is 26.1 Å². The number of hydrogen-bond acceptors (Lipinski definition) is 2. The Hall–Kier alpha value is -1.09. The largest absolute Gasteiger partial charge is 0.494 e. The van der Waals surface area contributed by atoms with Crippen LogP contribution in [-0.4, -0.2) is 13.7 Å². The average Bonchev–Trinajstić information content (AvgIpc) is 2.43. The summed E-state index contributed by atoms with van der Waals surface area (Å²) in [7, 11) is 1.51. The summed E-state index contributed by atoms with van der Waals surface area (Å²) in [5, 5.41) is 3.55. The Balaban J connectivity index is 2.75. The van der Waals surface area contributed by atoms with Gasteiger partial charge in [0.25, 0.3) is 0 Å². The first-order valence-electron chi connectivity index (χ1n) is 7.65. The third kappa shape index (κ3) is 5.49. The SMILES string of the molecule is CCCNC(CCCC(C)C)c1ccc(F)c(OC)c1. The molecule has 0 spiro atoms. The molecule has 0 aromatic heterocycles. The van der Waals surface area contributed by atoms with Crippen LogP contribution < -0.4 is 10.1 Å². The summed E-state index contributed by atoms with van der Waals surface area (Å²) in [6, 6.07) is 5.46. The van der Waals surface area contributed by atoms with E-state index in [1.165, 1.54) is 26.0 Å². The molecule has 1 aromatic rings. The highest BCUT2D eigenvalue weighted by Gasteiger charge is 2.13. The predicted molar refractivity (Wildman–Crippen MR) is 82.7 cm³/mol. The zero-order valence-electron chi connectivity index (χ0n) is 13.2. The fourth-order valence-corrected chi connectivity index (χ4v) is 2.33. The van der Waals surface area contributed by atoms with Crippen molar-refractivity contribution in [1.82, 2.24) is 5.32 Å². The van der Waals surface area contributed by atoms with Gasteiger partial charge in [0.05, 0.1) is 7.11 Å². The molecule has 0 saturated heterocycles. The molecule has 1 aromatic carbocycles. The fourth-order valence-electron chi connectivity index (χ4n) is 2.33. The van der Waals surface area contributed by atoms with Crippen molar-refractivity contribution in [2.24, 2.45) is 5.92 Å². The molecule has 0 fully saturated rings. The van der Waals surface area contributed by atoms with Crippen molar-refractivity contribution in [2.45, 2.75) is 52.5 Å². The monoisotopic (exact) mass is 281 g/mol. The van der Waals surface area contributed by atoms with Gasteiger partial charge in [0, 0.05) is 6.04 Å². The summed E-state index contributed by atoms with van der Waals surface area (Å²) in [5.41, 5.74) is 1.11. The average molecular weight is 281 g/mol. The second kappa shape index (κ2) is 8.96. The van der Waals surface area contributed by atoms with E-state index in [1.54, 1.807) is 0 Å². The number of ether oxygens (including phenoxy) is 1. The number of benzene rings is 1. The molecule has 114 valence electrons. The van der Waals surface area contributed by atoms with Crippen molar-refractivity contribution in [1.29, 1.82) is 0 Å². The summed E-state index contributed by atoms with van der Waals surface area (Å²) in [6.45, 7) is 7.63. The molecule has 0 aliphatic carbocycles. The number of nitrogens with one attached hydrogen (secondary N) is 1. The van der Waals surface area contributed by atoms with Crippen LogP contribution in [0, 0.1) is 11.7 Å². The summed E-state index contributed by atoms with van der Waals surface area (Å²) in [4.78, 5) is 0. The first kappa shape index (κ1) is 17.0. The lowest BCUT2D eigenvalue weighted by atomic mass is 9.97. The maximum absolute atomic E-state index is 13.5. The van der Waals surface area contributed by atoms with E-state index < -0.39 is 0 Å². The summed E-state index contributed by atoms with van der Waals surface area (Å²) in [5.74, 6) is 0.756. The van der Waals surface area contributed by atoms with E-state index in [-0.39, 0.29) is 11.9 Å². The standard InChI is InChI=1S/C17H28FNO/c1-5-11-19-16(8-6-7-13(2)3)14-9-10-15(18)17(12-14)20-4/h9-10,12-13,16,19H,5-8,11H2,1-4H3. The molecule has 1 rings (SSSR count). The Morgan fingerprint density at radius 1 is 1.25 bits per heavy atom. The van der Waals surface area contributed by atoms with Gasteiger partial charge in [-0.3, -0.25) is 0 Å². The van der Waals surface area contributed by atoms with E-state index >= 15 is 0 Å². The van der Waals surface area contributed by atoms with Crippen molar-refractivity contribution in [2.75, 3.05) is 13.7 Å². The minimum Gasteiger partial charge on any atom is -0.494 e. The van der Waals surface area contributed by atoms with Crippen molar-refractivity contribution >= 4 is 0 Å².